The van der Waals surface area contributed by atoms with E-state index < -0.39 is 0 Å². The maximum Gasteiger partial charge on any atom is 0.162 e. The first kappa shape index (κ1) is 18.7. The highest BCUT2D eigenvalue weighted by molar-refractivity contribution is 6.30. The summed E-state index contributed by atoms with van der Waals surface area (Å²) in [4.78, 5) is 8.66. The Labute approximate surface area is 162 Å². The van der Waals surface area contributed by atoms with Gasteiger partial charge in [0.15, 0.2) is 11.5 Å². The lowest BCUT2D eigenvalue weighted by atomic mass is 10.1. The number of ether oxygens (including phenoxy) is 2. The standard InChI is InChI=1S/C20H18ClN4O2/c1-13-5-6-14(21)9-16(13)25-20-15-10-19(27-8-4-3-7-22)18(26-2)11-17(15)23-12-24-20/h5-6,9-12H,1,3-4,8H2,2H3,(H,23,24,25). The number of anilines is 2. The highest BCUT2D eigenvalue weighted by Crippen LogP contribution is 2.35. The van der Waals surface area contributed by atoms with Crippen LogP contribution < -0.4 is 14.8 Å². The minimum atomic E-state index is 0.420. The molecule has 1 heterocycles. The van der Waals surface area contributed by atoms with Gasteiger partial charge in [-0.1, -0.05) is 17.7 Å². The zero-order valence-corrected chi connectivity index (χ0v) is 15.6. The van der Waals surface area contributed by atoms with Crippen molar-refractivity contribution < 1.29 is 9.47 Å². The maximum absolute atomic E-state index is 8.65. The van der Waals surface area contributed by atoms with Crippen LogP contribution in [0.1, 0.15) is 18.4 Å². The predicted octanol–water partition coefficient (Wildman–Crippen LogP) is 4.90. The summed E-state index contributed by atoms with van der Waals surface area (Å²) in [5.41, 5.74) is 2.27. The van der Waals surface area contributed by atoms with Crippen molar-refractivity contribution in [2.45, 2.75) is 12.8 Å². The molecule has 0 saturated heterocycles. The summed E-state index contributed by atoms with van der Waals surface area (Å²) >= 11 is 6.09. The van der Waals surface area contributed by atoms with E-state index in [-0.39, 0.29) is 0 Å². The van der Waals surface area contributed by atoms with E-state index in [1.807, 2.05) is 12.1 Å². The minimum absolute atomic E-state index is 0.420. The van der Waals surface area contributed by atoms with Gasteiger partial charge < -0.3 is 14.8 Å². The van der Waals surface area contributed by atoms with Crippen LogP contribution in [0.25, 0.3) is 10.9 Å². The molecule has 137 valence electrons. The normalized spacial score (nSPS) is 10.4. The monoisotopic (exact) mass is 381 g/mol. The quantitative estimate of drug-likeness (QED) is 0.586. The van der Waals surface area contributed by atoms with Crippen molar-refractivity contribution in [3.63, 3.8) is 0 Å². The van der Waals surface area contributed by atoms with Crippen LogP contribution in [0.15, 0.2) is 36.7 Å². The molecule has 27 heavy (non-hydrogen) atoms. The summed E-state index contributed by atoms with van der Waals surface area (Å²) in [6, 6.07) is 11.1. The van der Waals surface area contributed by atoms with Gasteiger partial charge >= 0.3 is 0 Å². The van der Waals surface area contributed by atoms with Crippen molar-refractivity contribution in [1.29, 1.82) is 5.26 Å². The van der Waals surface area contributed by atoms with Gasteiger partial charge in [-0.05, 0) is 37.1 Å². The van der Waals surface area contributed by atoms with E-state index in [0.29, 0.717) is 47.3 Å². The molecular weight excluding hydrogens is 364 g/mol. The highest BCUT2D eigenvalue weighted by atomic mass is 35.5. The van der Waals surface area contributed by atoms with E-state index in [1.165, 1.54) is 6.33 Å². The third kappa shape index (κ3) is 4.39. The van der Waals surface area contributed by atoms with E-state index >= 15 is 0 Å². The summed E-state index contributed by atoms with van der Waals surface area (Å²) < 4.78 is 11.2. The molecule has 7 heteroatoms. The smallest absolute Gasteiger partial charge is 0.162 e. The molecule has 6 nitrogen and oxygen atoms in total. The number of rotatable bonds is 7. The fraction of sp³-hybridized carbons (Fsp3) is 0.200. The minimum Gasteiger partial charge on any atom is -0.493 e. The van der Waals surface area contributed by atoms with Crippen LogP contribution in [-0.4, -0.2) is 23.7 Å². The molecule has 0 fully saturated rings. The highest BCUT2D eigenvalue weighted by Gasteiger charge is 2.12. The Kier molecular flexibility index (Phi) is 5.94. The lowest BCUT2D eigenvalue weighted by molar-refractivity contribution is 0.291. The number of unbranched alkanes of at least 4 members (excludes halogenated alkanes) is 1. The van der Waals surface area contributed by atoms with Crippen LogP contribution in [0.3, 0.4) is 0 Å². The number of hydrogen-bond donors (Lipinski definition) is 1. The van der Waals surface area contributed by atoms with E-state index in [1.54, 1.807) is 25.3 Å². The number of nitriles is 1. The molecule has 0 saturated carbocycles. The number of nitrogens with one attached hydrogen (secondary N) is 1. The number of methoxy groups -OCH3 is 1. The topological polar surface area (TPSA) is 80.1 Å². The second-order valence-electron chi connectivity index (χ2n) is 5.78. The Balaban J connectivity index is 1.98. The molecule has 1 aromatic heterocycles. The van der Waals surface area contributed by atoms with Crippen LogP contribution >= 0.6 is 11.6 Å². The molecule has 0 aliphatic rings. The van der Waals surface area contributed by atoms with Gasteiger partial charge in [0, 0.05) is 28.6 Å². The van der Waals surface area contributed by atoms with E-state index in [2.05, 4.69) is 28.3 Å². The van der Waals surface area contributed by atoms with E-state index in [9.17, 15) is 0 Å². The van der Waals surface area contributed by atoms with E-state index in [4.69, 9.17) is 26.3 Å². The summed E-state index contributed by atoms with van der Waals surface area (Å²) in [6.07, 6.45) is 2.55. The fourth-order valence-electron chi connectivity index (χ4n) is 2.56. The summed E-state index contributed by atoms with van der Waals surface area (Å²) in [5, 5.41) is 13.3. The van der Waals surface area contributed by atoms with Crippen molar-refractivity contribution in [2.75, 3.05) is 19.0 Å². The van der Waals surface area contributed by atoms with Crippen LogP contribution in [0, 0.1) is 18.3 Å². The third-order valence-electron chi connectivity index (χ3n) is 3.94. The van der Waals surface area contributed by atoms with Gasteiger partial charge in [-0.3, -0.25) is 0 Å². The van der Waals surface area contributed by atoms with Crippen LogP contribution in [0.2, 0.25) is 5.02 Å². The summed E-state index contributed by atoms with van der Waals surface area (Å²) in [6.45, 7) is 4.43. The zero-order valence-electron chi connectivity index (χ0n) is 14.8. The molecule has 3 rings (SSSR count). The third-order valence-corrected chi connectivity index (χ3v) is 4.17. The first-order valence-electron chi connectivity index (χ1n) is 8.33. The Hall–Kier alpha value is -3.04. The Morgan fingerprint density at radius 2 is 2.07 bits per heavy atom. The lowest BCUT2D eigenvalue weighted by Gasteiger charge is -2.14. The zero-order chi connectivity index (χ0) is 19.2. The number of hydrogen-bond acceptors (Lipinski definition) is 6. The predicted molar refractivity (Wildman–Crippen MR) is 106 cm³/mol. The van der Waals surface area contributed by atoms with Gasteiger partial charge in [0.25, 0.3) is 0 Å². The first-order valence-corrected chi connectivity index (χ1v) is 8.71. The Morgan fingerprint density at radius 3 is 2.85 bits per heavy atom. The van der Waals surface area contributed by atoms with Crippen molar-refractivity contribution >= 4 is 34.0 Å². The average Bonchev–Trinajstić information content (AvgIpc) is 2.68. The fourth-order valence-corrected chi connectivity index (χ4v) is 2.73. The second-order valence-corrected chi connectivity index (χ2v) is 6.22. The van der Waals surface area contributed by atoms with Gasteiger partial charge in [0.05, 0.1) is 25.3 Å². The molecule has 0 bridgehead atoms. The largest absolute Gasteiger partial charge is 0.493 e. The molecule has 0 spiro atoms. The number of aromatic nitrogens is 2. The lowest BCUT2D eigenvalue weighted by Crippen LogP contribution is -2.01. The van der Waals surface area contributed by atoms with E-state index in [0.717, 1.165) is 16.6 Å². The van der Waals surface area contributed by atoms with Gasteiger partial charge in [0.2, 0.25) is 0 Å². The molecular formula is C20H18ClN4O2. The second kappa shape index (κ2) is 8.56. The molecule has 0 atom stereocenters. The first-order chi connectivity index (χ1) is 13.1. The van der Waals surface area contributed by atoms with Crippen molar-refractivity contribution in [3.8, 4) is 17.6 Å². The Bertz CT molecular complexity index is 1000. The van der Waals surface area contributed by atoms with Crippen LogP contribution in [-0.2, 0) is 0 Å². The number of benzene rings is 2. The average molecular weight is 382 g/mol. The van der Waals surface area contributed by atoms with Crippen molar-refractivity contribution in [1.82, 2.24) is 9.97 Å². The van der Waals surface area contributed by atoms with Gasteiger partial charge in [-0.15, -0.1) is 0 Å². The van der Waals surface area contributed by atoms with Crippen LogP contribution in [0.5, 0.6) is 11.5 Å². The van der Waals surface area contributed by atoms with Crippen molar-refractivity contribution in [3.05, 3.63) is 54.2 Å². The molecule has 0 unspecified atom stereocenters. The molecule has 1 N–H and O–H groups in total. The van der Waals surface area contributed by atoms with Crippen molar-refractivity contribution in [2.24, 2.45) is 0 Å². The molecule has 0 aliphatic heterocycles. The molecule has 0 amide bonds. The molecule has 0 aliphatic carbocycles. The summed E-state index contributed by atoms with van der Waals surface area (Å²) in [5.74, 6) is 1.75. The van der Waals surface area contributed by atoms with Gasteiger partial charge in [0.1, 0.15) is 12.1 Å². The molecule has 1 radical (unpaired) electrons. The van der Waals surface area contributed by atoms with Crippen LogP contribution in [0.4, 0.5) is 11.5 Å². The van der Waals surface area contributed by atoms with Gasteiger partial charge in [-0.25, -0.2) is 9.97 Å². The maximum atomic E-state index is 8.65. The number of fused-ring (bicyclic) bond motifs is 1. The molecule has 3 aromatic rings. The molecule has 2 aromatic carbocycles. The number of halogens is 1. The SMILES string of the molecule is [CH2]c1ccc(Cl)cc1Nc1ncnc2cc(OC)c(OCCCC#N)cc12. The number of nitrogens with zero attached hydrogens (tertiary/aromatic N) is 3. The summed E-state index contributed by atoms with van der Waals surface area (Å²) in [7, 11) is 1.57. The Morgan fingerprint density at radius 1 is 1.22 bits per heavy atom. The van der Waals surface area contributed by atoms with Gasteiger partial charge in [-0.2, -0.15) is 5.26 Å².